The lowest BCUT2D eigenvalue weighted by atomic mass is 9.94. The van der Waals surface area contributed by atoms with Crippen molar-refractivity contribution in [2.75, 3.05) is 6.54 Å². The summed E-state index contributed by atoms with van der Waals surface area (Å²) in [6.07, 6.45) is 0.814. The summed E-state index contributed by atoms with van der Waals surface area (Å²) >= 11 is 6.12. The van der Waals surface area contributed by atoms with Crippen LogP contribution in [0.15, 0.2) is 18.2 Å². The van der Waals surface area contributed by atoms with Crippen molar-refractivity contribution >= 4 is 23.5 Å². The number of benzene rings is 1. The van der Waals surface area contributed by atoms with Gasteiger partial charge in [0.05, 0.1) is 10.6 Å². The molecule has 0 aliphatic rings. The van der Waals surface area contributed by atoms with E-state index in [1.807, 2.05) is 26.8 Å². The van der Waals surface area contributed by atoms with Crippen molar-refractivity contribution in [3.8, 4) is 0 Å². The lowest BCUT2D eigenvalue weighted by molar-refractivity contribution is -0.138. The van der Waals surface area contributed by atoms with E-state index in [1.54, 1.807) is 12.1 Å². The fraction of sp³-hybridized carbons (Fsp3) is 0.500. The zero-order valence-corrected chi connectivity index (χ0v) is 13.4. The van der Waals surface area contributed by atoms with Crippen LogP contribution >= 0.6 is 11.6 Å². The van der Waals surface area contributed by atoms with Gasteiger partial charge in [-0.05, 0) is 36.8 Å². The number of halogens is 1. The molecule has 1 amide bonds. The summed E-state index contributed by atoms with van der Waals surface area (Å²) in [7, 11) is 0. The van der Waals surface area contributed by atoms with Crippen LogP contribution in [0.25, 0.3) is 0 Å². The number of hydrogen-bond acceptors (Lipinski definition) is 2. The molecule has 0 bridgehead atoms. The van der Waals surface area contributed by atoms with Gasteiger partial charge in [-0.15, -0.1) is 0 Å². The minimum absolute atomic E-state index is 0.0556. The van der Waals surface area contributed by atoms with E-state index in [0.29, 0.717) is 23.0 Å². The van der Waals surface area contributed by atoms with E-state index >= 15 is 0 Å². The summed E-state index contributed by atoms with van der Waals surface area (Å²) in [5, 5.41) is 12.2. The standard InChI is InChI=1S/C16H22ClNO3/c1-10(2)7-12(8-14(19)20)9-18-16(21)13-6-4-5-11(3)15(13)17/h4-6,10,12H,7-9H2,1-3H3,(H,18,21)(H,19,20). The van der Waals surface area contributed by atoms with Gasteiger partial charge in [-0.25, -0.2) is 0 Å². The van der Waals surface area contributed by atoms with Crippen LogP contribution in [-0.4, -0.2) is 23.5 Å². The maximum absolute atomic E-state index is 12.2. The van der Waals surface area contributed by atoms with Crippen LogP contribution in [0.2, 0.25) is 5.02 Å². The van der Waals surface area contributed by atoms with E-state index in [1.165, 1.54) is 0 Å². The predicted molar refractivity (Wildman–Crippen MR) is 83.7 cm³/mol. The Hall–Kier alpha value is -1.55. The lowest BCUT2D eigenvalue weighted by Gasteiger charge is -2.18. The molecule has 1 atom stereocenters. The van der Waals surface area contributed by atoms with E-state index in [9.17, 15) is 9.59 Å². The summed E-state index contributed by atoms with van der Waals surface area (Å²) in [6, 6.07) is 5.28. The van der Waals surface area contributed by atoms with Gasteiger partial charge in [0.1, 0.15) is 0 Å². The molecule has 1 aromatic carbocycles. The van der Waals surface area contributed by atoms with Gasteiger partial charge in [0.25, 0.3) is 5.91 Å². The smallest absolute Gasteiger partial charge is 0.303 e. The van der Waals surface area contributed by atoms with Crippen molar-refractivity contribution in [1.82, 2.24) is 5.32 Å². The molecule has 5 heteroatoms. The zero-order valence-electron chi connectivity index (χ0n) is 12.6. The highest BCUT2D eigenvalue weighted by Gasteiger charge is 2.17. The van der Waals surface area contributed by atoms with E-state index in [4.69, 9.17) is 16.7 Å². The Labute approximate surface area is 130 Å². The van der Waals surface area contributed by atoms with E-state index < -0.39 is 5.97 Å². The normalized spacial score (nSPS) is 12.2. The molecular formula is C16H22ClNO3. The van der Waals surface area contributed by atoms with Crippen molar-refractivity contribution in [1.29, 1.82) is 0 Å². The first kappa shape index (κ1) is 17.5. The molecule has 4 nitrogen and oxygen atoms in total. The Morgan fingerprint density at radius 2 is 2.00 bits per heavy atom. The van der Waals surface area contributed by atoms with Crippen LogP contribution in [0.3, 0.4) is 0 Å². The maximum atomic E-state index is 12.2. The Morgan fingerprint density at radius 1 is 1.33 bits per heavy atom. The summed E-state index contributed by atoms with van der Waals surface area (Å²) in [6.45, 7) is 6.25. The summed E-state index contributed by atoms with van der Waals surface area (Å²) in [4.78, 5) is 23.0. The van der Waals surface area contributed by atoms with Crippen LogP contribution in [0.1, 0.15) is 42.6 Å². The second-order valence-electron chi connectivity index (χ2n) is 5.74. The number of aliphatic carboxylic acids is 1. The highest BCUT2D eigenvalue weighted by atomic mass is 35.5. The van der Waals surface area contributed by atoms with Crippen LogP contribution in [0, 0.1) is 18.8 Å². The third kappa shape index (κ3) is 5.76. The molecule has 0 aliphatic carbocycles. The Balaban J connectivity index is 2.68. The van der Waals surface area contributed by atoms with Gasteiger partial charge in [-0.2, -0.15) is 0 Å². The number of carboxylic acids is 1. The molecule has 0 heterocycles. The predicted octanol–water partition coefficient (Wildman–Crippen LogP) is 3.52. The lowest BCUT2D eigenvalue weighted by Crippen LogP contribution is -2.31. The molecule has 0 aromatic heterocycles. The average molecular weight is 312 g/mol. The third-order valence-electron chi connectivity index (χ3n) is 3.26. The summed E-state index contributed by atoms with van der Waals surface area (Å²) < 4.78 is 0. The fourth-order valence-electron chi connectivity index (χ4n) is 2.31. The second-order valence-corrected chi connectivity index (χ2v) is 6.12. The maximum Gasteiger partial charge on any atom is 0.303 e. The highest BCUT2D eigenvalue weighted by Crippen LogP contribution is 2.20. The molecule has 0 radical (unpaired) electrons. The molecule has 1 rings (SSSR count). The SMILES string of the molecule is Cc1cccc(C(=O)NCC(CC(=O)O)CC(C)C)c1Cl. The van der Waals surface area contributed by atoms with Gasteiger partial charge in [-0.1, -0.05) is 37.6 Å². The largest absolute Gasteiger partial charge is 0.481 e. The van der Waals surface area contributed by atoms with Crippen molar-refractivity contribution in [3.05, 3.63) is 34.3 Å². The number of carbonyl (C=O) groups excluding carboxylic acids is 1. The van der Waals surface area contributed by atoms with E-state index in [2.05, 4.69) is 5.32 Å². The zero-order chi connectivity index (χ0) is 16.0. The molecule has 0 aliphatic heterocycles. The van der Waals surface area contributed by atoms with Gasteiger partial charge < -0.3 is 10.4 Å². The first-order valence-corrected chi connectivity index (χ1v) is 7.44. The summed E-state index contributed by atoms with van der Waals surface area (Å²) in [5.41, 5.74) is 1.27. The van der Waals surface area contributed by atoms with Crippen molar-refractivity contribution in [2.45, 2.75) is 33.6 Å². The monoisotopic (exact) mass is 311 g/mol. The highest BCUT2D eigenvalue weighted by molar-refractivity contribution is 6.34. The van der Waals surface area contributed by atoms with Crippen molar-refractivity contribution in [3.63, 3.8) is 0 Å². The van der Waals surface area contributed by atoms with Gasteiger partial charge >= 0.3 is 5.97 Å². The molecule has 116 valence electrons. The molecule has 0 spiro atoms. The topological polar surface area (TPSA) is 66.4 Å². The van der Waals surface area contributed by atoms with Gasteiger partial charge in [0, 0.05) is 13.0 Å². The molecular weight excluding hydrogens is 290 g/mol. The second kappa shape index (κ2) is 8.03. The van der Waals surface area contributed by atoms with E-state index in [-0.39, 0.29) is 18.2 Å². The number of hydrogen-bond donors (Lipinski definition) is 2. The minimum atomic E-state index is -0.844. The first-order chi connectivity index (χ1) is 9.81. The molecule has 1 unspecified atom stereocenters. The molecule has 0 saturated carbocycles. The average Bonchev–Trinajstić information content (AvgIpc) is 2.37. The fourth-order valence-corrected chi connectivity index (χ4v) is 2.52. The number of carbonyl (C=O) groups is 2. The van der Waals surface area contributed by atoms with Crippen LogP contribution in [-0.2, 0) is 4.79 Å². The number of rotatable bonds is 7. The Bertz CT molecular complexity index is 514. The number of aryl methyl sites for hydroxylation is 1. The number of nitrogens with one attached hydrogen (secondary N) is 1. The van der Waals surface area contributed by atoms with Crippen LogP contribution in [0.4, 0.5) is 0 Å². The third-order valence-corrected chi connectivity index (χ3v) is 3.76. The van der Waals surface area contributed by atoms with E-state index in [0.717, 1.165) is 12.0 Å². The Kier molecular flexibility index (Phi) is 6.69. The quantitative estimate of drug-likeness (QED) is 0.809. The number of amides is 1. The Morgan fingerprint density at radius 3 is 2.57 bits per heavy atom. The number of carboxylic acid groups (broad SMARTS) is 1. The summed E-state index contributed by atoms with van der Waals surface area (Å²) in [5.74, 6) is -0.796. The van der Waals surface area contributed by atoms with Crippen molar-refractivity contribution < 1.29 is 14.7 Å². The molecule has 0 saturated heterocycles. The van der Waals surface area contributed by atoms with Crippen LogP contribution < -0.4 is 5.32 Å². The molecule has 0 fully saturated rings. The molecule has 2 N–H and O–H groups in total. The van der Waals surface area contributed by atoms with Gasteiger partial charge in [-0.3, -0.25) is 9.59 Å². The van der Waals surface area contributed by atoms with Crippen LogP contribution in [0.5, 0.6) is 0 Å². The van der Waals surface area contributed by atoms with Crippen molar-refractivity contribution in [2.24, 2.45) is 11.8 Å². The van der Waals surface area contributed by atoms with Gasteiger partial charge in [0.2, 0.25) is 0 Å². The first-order valence-electron chi connectivity index (χ1n) is 7.06. The van der Waals surface area contributed by atoms with Gasteiger partial charge in [0.15, 0.2) is 0 Å². The molecule has 21 heavy (non-hydrogen) atoms. The molecule has 1 aromatic rings. The minimum Gasteiger partial charge on any atom is -0.481 e.